The van der Waals surface area contributed by atoms with Gasteiger partial charge in [0.25, 0.3) is 0 Å². The molecule has 1 aromatic heterocycles. The number of allylic oxidation sites excluding steroid dienone is 4. The molecule has 2 nitrogen and oxygen atoms in total. The van der Waals surface area contributed by atoms with Crippen molar-refractivity contribution in [3.8, 4) is 11.1 Å². The largest absolute Gasteiger partial charge is 0.313 e. The maximum Gasteiger partial charge on any atom is 0.0714 e. The minimum atomic E-state index is -0.519. The van der Waals surface area contributed by atoms with Gasteiger partial charge < -0.3 is 9.47 Å². The Balaban J connectivity index is 1.24. The van der Waals surface area contributed by atoms with Gasteiger partial charge in [0.15, 0.2) is 0 Å². The van der Waals surface area contributed by atoms with Crippen LogP contribution in [0.25, 0.3) is 49.4 Å². The third kappa shape index (κ3) is 4.68. The Kier molecular flexibility index (Phi) is 7.25. The number of hydrogen-bond acceptors (Lipinski definition) is 1. The van der Waals surface area contributed by atoms with Gasteiger partial charge in [0, 0.05) is 33.2 Å². The normalized spacial score (nSPS) is 14.2. The predicted octanol–water partition coefficient (Wildman–Crippen LogP) is 14.0. The molecule has 0 aliphatic heterocycles. The highest BCUT2D eigenvalue weighted by Gasteiger charge is 2.47. The maximum atomic E-state index is 2.51. The lowest BCUT2D eigenvalue weighted by molar-refractivity contribution is 0.769. The van der Waals surface area contributed by atoms with Crippen LogP contribution >= 0.6 is 0 Å². The topological polar surface area (TPSA) is 8.17 Å². The number of fused-ring (bicyclic) bond motifs is 8. The number of benzene rings is 8. The van der Waals surface area contributed by atoms with Gasteiger partial charge in [-0.05, 0) is 100 Å². The summed E-state index contributed by atoms with van der Waals surface area (Å²) in [5, 5.41) is 5.00. The van der Waals surface area contributed by atoms with Gasteiger partial charge in [-0.1, -0.05) is 158 Å². The Morgan fingerprint density at radius 1 is 0.473 bits per heavy atom. The molecule has 260 valence electrons. The Bertz CT molecular complexity index is 2930. The van der Waals surface area contributed by atoms with Crippen LogP contribution in [0.4, 0.5) is 17.1 Å². The van der Waals surface area contributed by atoms with Crippen LogP contribution in [0.3, 0.4) is 0 Å². The molecule has 0 atom stereocenters. The Labute approximate surface area is 321 Å². The summed E-state index contributed by atoms with van der Waals surface area (Å²) in [7, 11) is 0. The number of para-hydroxylation sites is 2. The van der Waals surface area contributed by atoms with Crippen LogP contribution in [-0.2, 0) is 5.41 Å². The molecule has 11 rings (SSSR count). The van der Waals surface area contributed by atoms with E-state index < -0.39 is 5.41 Å². The van der Waals surface area contributed by atoms with E-state index in [2.05, 4.69) is 216 Å². The lowest BCUT2D eigenvalue weighted by Gasteiger charge is -2.35. The predicted molar refractivity (Wildman–Crippen MR) is 232 cm³/mol. The molecule has 55 heavy (non-hydrogen) atoms. The fraction of sp³-hybridized carbons (Fsp3) is 0.0566. The van der Waals surface area contributed by atoms with Crippen LogP contribution in [0.5, 0.6) is 0 Å². The van der Waals surface area contributed by atoms with Crippen molar-refractivity contribution in [2.24, 2.45) is 0 Å². The monoisotopic (exact) mass is 702 g/mol. The van der Waals surface area contributed by atoms with E-state index in [-0.39, 0.29) is 0 Å². The first-order valence-electron chi connectivity index (χ1n) is 19.3. The van der Waals surface area contributed by atoms with Gasteiger partial charge in [-0.25, -0.2) is 0 Å². The molecule has 0 fully saturated rings. The quantitative estimate of drug-likeness (QED) is 0.167. The van der Waals surface area contributed by atoms with Crippen LogP contribution in [0, 0.1) is 0 Å². The fourth-order valence-corrected chi connectivity index (χ4v) is 9.66. The third-order valence-electron chi connectivity index (χ3n) is 11.9. The average molecular weight is 703 g/mol. The van der Waals surface area contributed by atoms with Crippen LogP contribution in [0.2, 0.25) is 0 Å². The van der Waals surface area contributed by atoms with E-state index in [4.69, 9.17) is 0 Å². The van der Waals surface area contributed by atoms with Crippen LogP contribution in [0.15, 0.2) is 206 Å². The molecule has 2 aliphatic rings. The molecule has 0 unspecified atom stereocenters. The zero-order valence-corrected chi connectivity index (χ0v) is 30.4. The highest BCUT2D eigenvalue weighted by atomic mass is 15.1. The summed E-state index contributed by atoms with van der Waals surface area (Å²) in [5.74, 6) is 0. The number of rotatable bonds is 6. The van der Waals surface area contributed by atoms with E-state index in [1.54, 1.807) is 0 Å². The zero-order chi connectivity index (χ0) is 36.3. The van der Waals surface area contributed by atoms with E-state index in [0.29, 0.717) is 0 Å². The van der Waals surface area contributed by atoms with Gasteiger partial charge in [-0.15, -0.1) is 0 Å². The van der Waals surface area contributed by atoms with Gasteiger partial charge in [0.1, 0.15) is 0 Å². The third-order valence-corrected chi connectivity index (χ3v) is 11.9. The summed E-state index contributed by atoms with van der Waals surface area (Å²) in [4.78, 5) is 2.49. The van der Waals surface area contributed by atoms with E-state index in [1.807, 2.05) is 0 Å². The number of anilines is 3. The summed E-state index contributed by atoms with van der Waals surface area (Å²) >= 11 is 0. The van der Waals surface area contributed by atoms with Crippen molar-refractivity contribution in [3.63, 3.8) is 0 Å². The number of nitrogens with zero attached hydrogens (tertiary/aromatic N) is 2. The summed E-state index contributed by atoms with van der Waals surface area (Å²) in [5.41, 5.74) is 14.5. The summed E-state index contributed by atoms with van der Waals surface area (Å²) in [6, 6.07) is 69.7. The first-order valence-corrected chi connectivity index (χ1v) is 19.3. The van der Waals surface area contributed by atoms with Gasteiger partial charge in [0.05, 0.1) is 22.1 Å². The SMILES string of the molecule is C1=CCCC(n2c3ccccc3c3cc(N(c4ccccc4)c4cc5c(c6ccccc46)-c4ccccc4C5(c4ccccc4)c4ccccc4)ccc32)=C1. The van der Waals surface area contributed by atoms with Crippen LogP contribution in [0.1, 0.15) is 35.1 Å². The molecule has 2 aliphatic carbocycles. The van der Waals surface area contributed by atoms with Gasteiger partial charge in [-0.3, -0.25) is 0 Å². The first-order chi connectivity index (χ1) is 27.3. The lowest BCUT2D eigenvalue weighted by atomic mass is 9.67. The van der Waals surface area contributed by atoms with Gasteiger partial charge in [-0.2, -0.15) is 0 Å². The van der Waals surface area contributed by atoms with E-state index >= 15 is 0 Å². The molecule has 0 N–H and O–H groups in total. The average Bonchev–Trinajstić information content (AvgIpc) is 3.76. The summed E-state index contributed by atoms with van der Waals surface area (Å²) in [6.07, 6.45) is 8.82. The Morgan fingerprint density at radius 3 is 1.82 bits per heavy atom. The molecule has 0 spiro atoms. The van der Waals surface area contributed by atoms with Crippen molar-refractivity contribution in [2.45, 2.75) is 18.3 Å². The van der Waals surface area contributed by atoms with Crippen LogP contribution < -0.4 is 4.90 Å². The molecule has 9 aromatic rings. The molecule has 2 heteroatoms. The highest BCUT2D eigenvalue weighted by molar-refractivity contribution is 6.14. The number of aromatic nitrogens is 1. The van der Waals surface area contributed by atoms with Crippen molar-refractivity contribution < 1.29 is 0 Å². The maximum absolute atomic E-state index is 2.51. The minimum absolute atomic E-state index is 0.519. The number of hydrogen-bond donors (Lipinski definition) is 0. The molecule has 0 saturated carbocycles. The summed E-state index contributed by atoms with van der Waals surface area (Å²) in [6.45, 7) is 0. The van der Waals surface area contributed by atoms with E-state index in [9.17, 15) is 0 Å². The second kappa shape index (κ2) is 12.6. The van der Waals surface area contributed by atoms with Crippen molar-refractivity contribution >= 4 is 55.3 Å². The van der Waals surface area contributed by atoms with Crippen molar-refractivity contribution in [3.05, 3.63) is 229 Å². The van der Waals surface area contributed by atoms with Crippen molar-refractivity contribution in [1.29, 1.82) is 0 Å². The molecule has 0 bridgehead atoms. The molecular formula is C53H38N2. The fourth-order valence-electron chi connectivity index (χ4n) is 9.66. The molecule has 0 radical (unpaired) electrons. The van der Waals surface area contributed by atoms with Gasteiger partial charge >= 0.3 is 0 Å². The second-order valence-corrected chi connectivity index (χ2v) is 14.7. The zero-order valence-electron chi connectivity index (χ0n) is 30.4. The van der Waals surface area contributed by atoms with Crippen molar-refractivity contribution in [1.82, 2.24) is 4.57 Å². The highest BCUT2D eigenvalue weighted by Crippen LogP contribution is 2.59. The lowest BCUT2D eigenvalue weighted by Crippen LogP contribution is -2.28. The molecule has 1 heterocycles. The molecule has 0 amide bonds. The second-order valence-electron chi connectivity index (χ2n) is 14.7. The summed E-state index contributed by atoms with van der Waals surface area (Å²) < 4.78 is 2.47. The standard InChI is InChI=1S/C53H38N2/c1-5-19-37(20-6-1)53(38-21-7-2-8-22-38)47-31-17-15-30-45(47)52-44-29-14-13-27-42(44)51(36-48(52)53)54(39-23-9-3-10-24-39)41-33-34-50-46(35-41)43-28-16-18-32-49(43)55(50)40-25-11-4-12-26-40/h1-11,13-25,27-36H,12,26H2. The first kappa shape index (κ1) is 31.6. The van der Waals surface area contributed by atoms with Crippen molar-refractivity contribution in [2.75, 3.05) is 4.90 Å². The van der Waals surface area contributed by atoms with Gasteiger partial charge in [0.2, 0.25) is 0 Å². The molecule has 0 saturated heterocycles. The Hall–Kier alpha value is -6.90. The minimum Gasteiger partial charge on any atom is -0.313 e. The Morgan fingerprint density at radius 2 is 1.09 bits per heavy atom. The molecule has 8 aromatic carbocycles. The van der Waals surface area contributed by atoms with Crippen LogP contribution in [-0.4, -0.2) is 4.57 Å². The van der Waals surface area contributed by atoms with E-state index in [1.165, 1.54) is 71.7 Å². The smallest absolute Gasteiger partial charge is 0.0714 e. The molecular weight excluding hydrogens is 665 g/mol. The van der Waals surface area contributed by atoms with E-state index in [0.717, 1.165) is 29.9 Å².